The first-order chi connectivity index (χ1) is 11.0. The molecule has 0 radical (unpaired) electrons. The van der Waals surface area contributed by atoms with Gasteiger partial charge in [-0.25, -0.2) is 4.98 Å². The van der Waals surface area contributed by atoms with E-state index in [4.69, 9.17) is 0 Å². The Balaban J connectivity index is 1.96. The molecule has 2 aromatic heterocycles. The number of nitrogens with one attached hydrogen (secondary N) is 2. The third-order valence-electron chi connectivity index (χ3n) is 3.80. The Bertz CT molecular complexity index is 784. The number of imidazole rings is 1. The second kappa shape index (κ2) is 6.32. The minimum absolute atomic E-state index is 0.0834. The van der Waals surface area contributed by atoms with Gasteiger partial charge in [-0.2, -0.15) is 4.98 Å². The number of H-pyrrole nitrogens is 1. The number of rotatable bonds is 4. The molecule has 0 aromatic carbocycles. The number of hydrogen-bond acceptors (Lipinski definition) is 6. The van der Waals surface area contributed by atoms with Gasteiger partial charge >= 0.3 is 0 Å². The maximum atomic E-state index is 12.1. The summed E-state index contributed by atoms with van der Waals surface area (Å²) < 4.78 is 1.84. The van der Waals surface area contributed by atoms with Crippen molar-refractivity contribution in [2.75, 3.05) is 11.9 Å². The highest BCUT2D eigenvalue weighted by Gasteiger charge is 2.28. The van der Waals surface area contributed by atoms with Crippen LogP contribution in [0.2, 0.25) is 0 Å². The summed E-state index contributed by atoms with van der Waals surface area (Å²) in [6.07, 6.45) is 3.38. The number of aromatic nitrogens is 4. The largest absolute Gasteiger partial charge is 0.395 e. The molecule has 0 spiro atoms. The fraction of sp³-hybridized carbons (Fsp3) is 0.571. The highest BCUT2D eigenvalue weighted by molar-refractivity contribution is 8.00. The molecule has 0 bridgehead atoms. The van der Waals surface area contributed by atoms with Crippen molar-refractivity contribution in [3.05, 3.63) is 16.7 Å². The number of nitrogens with zero attached hydrogens (tertiary/aromatic N) is 3. The van der Waals surface area contributed by atoms with Crippen LogP contribution < -0.4 is 10.9 Å². The van der Waals surface area contributed by atoms with Crippen LogP contribution in [0.5, 0.6) is 0 Å². The molecule has 1 saturated heterocycles. The maximum Gasteiger partial charge on any atom is 0.280 e. The Labute approximate surface area is 136 Å². The molecule has 1 fully saturated rings. The standard InChI is InChI=1S/C14H19N5O3S/c1-7(2)12(21)17-14-16-11-10(13(22)18-14)15-6-19(11)9-4-3-8(5-20)23-9/h6-9,20H,3-5H2,1-2H3,(H2,16,17,18,21,22)/t8-,9+/m0/s1. The van der Waals surface area contributed by atoms with Gasteiger partial charge in [0.25, 0.3) is 5.56 Å². The Kier molecular flexibility index (Phi) is 4.40. The summed E-state index contributed by atoms with van der Waals surface area (Å²) in [6, 6.07) is 0. The van der Waals surface area contributed by atoms with Crippen LogP contribution in [0.25, 0.3) is 11.2 Å². The van der Waals surface area contributed by atoms with E-state index in [1.54, 1.807) is 31.9 Å². The number of aliphatic hydroxyl groups is 1. The lowest BCUT2D eigenvalue weighted by Gasteiger charge is -2.13. The lowest BCUT2D eigenvalue weighted by molar-refractivity contribution is -0.118. The van der Waals surface area contributed by atoms with E-state index in [0.717, 1.165) is 12.8 Å². The van der Waals surface area contributed by atoms with Gasteiger partial charge in [0.05, 0.1) is 18.3 Å². The Morgan fingerprint density at radius 2 is 2.35 bits per heavy atom. The molecule has 3 rings (SSSR count). The van der Waals surface area contributed by atoms with Crippen LogP contribution in [0, 0.1) is 5.92 Å². The zero-order chi connectivity index (χ0) is 16.6. The molecule has 1 aliphatic heterocycles. The van der Waals surface area contributed by atoms with Gasteiger partial charge in [0, 0.05) is 11.2 Å². The number of hydrogen-bond donors (Lipinski definition) is 3. The topological polar surface area (TPSA) is 113 Å². The molecule has 1 amide bonds. The zero-order valence-corrected chi connectivity index (χ0v) is 13.8. The number of thioether (sulfide) groups is 1. The molecule has 2 aromatic rings. The lowest BCUT2D eigenvalue weighted by atomic mass is 10.2. The smallest absolute Gasteiger partial charge is 0.280 e. The third-order valence-corrected chi connectivity index (χ3v) is 5.34. The number of amides is 1. The van der Waals surface area contributed by atoms with E-state index >= 15 is 0 Å². The van der Waals surface area contributed by atoms with Crippen LogP contribution in [-0.4, -0.2) is 42.4 Å². The number of fused-ring (bicyclic) bond motifs is 1. The van der Waals surface area contributed by atoms with Crippen LogP contribution in [0.1, 0.15) is 32.1 Å². The van der Waals surface area contributed by atoms with E-state index in [1.165, 1.54) is 0 Å². The van der Waals surface area contributed by atoms with Crippen LogP contribution in [-0.2, 0) is 4.79 Å². The quantitative estimate of drug-likeness (QED) is 0.770. The molecule has 0 saturated carbocycles. The average molecular weight is 337 g/mol. The summed E-state index contributed by atoms with van der Waals surface area (Å²) in [5.74, 6) is -0.296. The molecule has 9 heteroatoms. The minimum Gasteiger partial charge on any atom is -0.395 e. The van der Waals surface area contributed by atoms with Gasteiger partial charge < -0.3 is 9.67 Å². The van der Waals surface area contributed by atoms with Gasteiger partial charge in [0.2, 0.25) is 11.9 Å². The van der Waals surface area contributed by atoms with E-state index in [1.807, 2.05) is 4.57 Å². The molecule has 1 aliphatic rings. The highest BCUT2D eigenvalue weighted by Crippen LogP contribution is 2.41. The normalized spacial score (nSPS) is 21.2. The predicted molar refractivity (Wildman–Crippen MR) is 88.4 cm³/mol. The molecular weight excluding hydrogens is 318 g/mol. The Morgan fingerprint density at radius 1 is 1.57 bits per heavy atom. The van der Waals surface area contributed by atoms with E-state index in [0.29, 0.717) is 5.65 Å². The molecule has 3 heterocycles. The first-order valence-electron chi connectivity index (χ1n) is 7.53. The highest BCUT2D eigenvalue weighted by atomic mass is 32.2. The van der Waals surface area contributed by atoms with Crippen molar-refractivity contribution in [2.24, 2.45) is 5.92 Å². The van der Waals surface area contributed by atoms with Gasteiger partial charge in [-0.15, -0.1) is 11.8 Å². The fourth-order valence-electron chi connectivity index (χ4n) is 2.48. The summed E-state index contributed by atoms with van der Waals surface area (Å²) in [7, 11) is 0. The van der Waals surface area contributed by atoms with Gasteiger partial charge in [-0.05, 0) is 12.8 Å². The van der Waals surface area contributed by atoms with Gasteiger partial charge in [-0.1, -0.05) is 13.8 Å². The van der Waals surface area contributed by atoms with E-state index in [-0.39, 0.29) is 46.1 Å². The van der Waals surface area contributed by atoms with E-state index < -0.39 is 0 Å². The molecular formula is C14H19N5O3S. The maximum absolute atomic E-state index is 12.1. The van der Waals surface area contributed by atoms with Gasteiger partial charge in [0.1, 0.15) is 0 Å². The predicted octanol–water partition coefficient (Wildman–Crippen LogP) is 1.10. The van der Waals surface area contributed by atoms with Crippen molar-refractivity contribution >= 4 is 34.8 Å². The summed E-state index contributed by atoms with van der Waals surface area (Å²) in [6.45, 7) is 3.67. The second-order valence-corrected chi connectivity index (χ2v) is 7.34. The summed E-state index contributed by atoms with van der Waals surface area (Å²) in [5, 5.41) is 12.2. The van der Waals surface area contributed by atoms with Crippen LogP contribution >= 0.6 is 11.8 Å². The SMILES string of the molecule is CC(C)C(=O)Nc1nc2c(ncn2[C@H]2CC[C@@H](CO)S2)c(=O)[nH]1. The number of aliphatic hydroxyl groups excluding tert-OH is 1. The molecule has 8 nitrogen and oxygen atoms in total. The number of anilines is 1. The molecule has 124 valence electrons. The molecule has 2 atom stereocenters. The number of aromatic amines is 1. The molecule has 0 aliphatic carbocycles. The summed E-state index contributed by atoms with van der Waals surface area (Å²) in [4.78, 5) is 35.0. The van der Waals surface area contributed by atoms with E-state index in [2.05, 4.69) is 20.3 Å². The van der Waals surface area contributed by atoms with Gasteiger partial charge in [-0.3, -0.25) is 19.9 Å². The third kappa shape index (κ3) is 3.11. The molecule has 3 N–H and O–H groups in total. The first-order valence-corrected chi connectivity index (χ1v) is 8.48. The summed E-state index contributed by atoms with van der Waals surface area (Å²) >= 11 is 1.65. The first kappa shape index (κ1) is 16.0. The number of carbonyl (C=O) groups excluding carboxylic acids is 1. The zero-order valence-electron chi connectivity index (χ0n) is 12.9. The van der Waals surface area contributed by atoms with Gasteiger partial charge in [0.15, 0.2) is 11.2 Å². The second-order valence-electron chi connectivity index (χ2n) is 5.86. The monoisotopic (exact) mass is 337 g/mol. The van der Waals surface area contributed by atoms with Crippen molar-refractivity contribution in [2.45, 2.75) is 37.3 Å². The van der Waals surface area contributed by atoms with Crippen molar-refractivity contribution in [3.63, 3.8) is 0 Å². The van der Waals surface area contributed by atoms with Crippen LogP contribution in [0.4, 0.5) is 5.95 Å². The Morgan fingerprint density at radius 3 is 3.00 bits per heavy atom. The van der Waals surface area contributed by atoms with Crippen molar-refractivity contribution in [3.8, 4) is 0 Å². The molecule has 0 unspecified atom stereocenters. The Hall–Kier alpha value is -1.87. The fourth-order valence-corrected chi connectivity index (χ4v) is 3.84. The minimum atomic E-state index is -0.380. The van der Waals surface area contributed by atoms with Crippen molar-refractivity contribution in [1.29, 1.82) is 0 Å². The number of carbonyl (C=O) groups is 1. The van der Waals surface area contributed by atoms with Crippen molar-refractivity contribution < 1.29 is 9.90 Å². The van der Waals surface area contributed by atoms with Crippen LogP contribution in [0.15, 0.2) is 11.1 Å². The van der Waals surface area contributed by atoms with Crippen LogP contribution in [0.3, 0.4) is 0 Å². The lowest BCUT2D eigenvalue weighted by Crippen LogP contribution is -2.22. The van der Waals surface area contributed by atoms with E-state index in [9.17, 15) is 14.7 Å². The summed E-state index contributed by atoms with van der Waals surface area (Å²) in [5.41, 5.74) is 0.319. The molecule has 23 heavy (non-hydrogen) atoms. The van der Waals surface area contributed by atoms with Crippen molar-refractivity contribution in [1.82, 2.24) is 19.5 Å². The average Bonchev–Trinajstić information content (AvgIpc) is 3.12.